The molecule has 0 saturated carbocycles. The Hall–Kier alpha value is -3.30. The summed E-state index contributed by atoms with van der Waals surface area (Å²) in [6, 6.07) is 4.66. The molecule has 10 heteroatoms. The van der Waals surface area contributed by atoms with Crippen molar-refractivity contribution in [2.24, 2.45) is 0 Å². The van der Waals surface area contributed by atoms with Gasteiger partial charge in [0.15, 0.2) is 11.5 Å². The third-order valence-electron chi connectivity index (χ3n) is 3.77. The lowest BCUT2D eigenvalue weighted by molar-refractivity contribution is -0.137. The molecule has 0 saturated heterocycles. The first-order valence-corrected chi connectivity index (χ1v) is 7.80. The fraction of sp³-hybridized carbons (Fsp3) is 0.235. The number of aromatic nitrogens is 3. The van der Waals surface area contributed by atoms with Crippen molar-refractivity contribution in [3.8, 4) is 11.5 Å². The molecule has 0 bridgehead atoms. The van der Waals surface area contributed by atoms with Crippen LogP contribution < -0.4 is 15.8 Å². The lowest BCUT2D eigenvalue weighted by Crippen LogP contribution is -2.11. The van der Waals surface area contributed by atoms with Gasteiger partial charge in [0.25, 0.3) is 0 Å². The molecule has 0 aliphatic heterocycles. The number of methoxy groups -OCH3 is 1. The number of alkyl halides is 3. The number of nitrogens with two attached hydrogens (primary N) is 1. The second-order valence-corrected chi connectivity index (χ2v) is 5.78. The van der Waals surface area contributed by atoms with Gasteiger partial charge in [-0.15, -0.1) is 0 Å². The lowest BCUT2D eigenvalue weighted by Gasteiger charge is -2.13. The number of phenolic OH excluding ortho intramolecular Hbond substituents is 1. The van der Waals surface area contributed by atoms with Gasteiger partial charge in [0.2, 0.25) is 0 Å². The number of ether oxygens (including phenoxy) is 1. The number of benzene rings is 1. The Morgan fingerprint density at radius 3 is 2.56 bits per heavy atom. The van der Waals surface area contributed by atoms with Crippen molar-refractivity contribution in [3.63, 3.8) is 0 Å². The van der Waals surface area contributed by atoms with Gasteiger partial charge >= 0.3 is 6.18 Å². The van der Waals surface area contributed by atoms with Gasteiger partial charge in [0.1, 0.15) is 17.5 Å². The highest BCUT2D eigenvalue weighted by Gasteiger charge is 2.31. The predicted octanol–water partition coefficient (Wildman–Crippen LogP) is 3.26. The van der Waals surface area contributed by atoms with Crippen molar-refractivity contribution in [2.75, 3.05) is 18.2 Å². The fourth-order valence-corrected chi connectivity index (χ4v) is 2.60. The van der Waals surface area contributed by atoms with Crippen LogP contribution in [0.2, 0.25) is 0 Å². The maximum atomic E-state index is 12.9. The summed E-state index contributed by atoms with van der Waals surface area (Å²) in [7, 11) is 1.41. The number of nitrogens with zero attached hydrogens (tertiary/aromatic N) is 3. The second-order valence-electron chi connectivity index (χ2n) is 5.78. The van der Waals surface area contributed by atoms with Gasteiger partial charge in [0.05, 0.1) is 30.4 Å². The molecule has 4 N–H and O–H groups in total. The van der Waals surface area contributed by atoms with E-state index in [0.717, 1.165) is 12.1 Å². The Bertz CT molecular complexity index is 1010. The number of anilines is 2. The van der Waals surface area contributed by atoms with Crippen LogP contribution in [0.4, 0.5) is 24.8 Å². The van der Waals surface area contributed by atoms with E-state index in [-0.39, 0.29) is 29.6 Å². The van der Waals surface area contributed by atoms with E-state index in [1.54, 1.807) is 13.0 Å². The summed E-state index contributed by atoms with van der Waals surface area (Å²) in [6.07, 6.45) is -4.52. The molecule has 2 heterocycles. The van der Waals surface area contributed by atoms with Crippen LogP contribution in [0.3, 0.4) is 0 Å². The number of aromatic hydroxyl groups is 1. The van der Waals surface area contributed by atoms with Gasteiger partial charge in [0, 0.05) is 11.5 Å². The smallest absolute Gasteiger partial charge is 0.416 e. The molecule has 3 aromatic rings. The molecule has 7 nitrogen and oxygen atoms in total. The zero-order chi connectivity index (χ0) is 19.8. The third-order valence-corrected chi connectivity index (χ3v) is 3.77. The lowest BCUT2D eigenvalue weighted by atomic mass is 10.2. The number of phenols is 1. The van der Waals surface area contributed by atoms with Gasteiger partial charge in [-0.25, -0.2) is 15.0 Å². The first kappa shape index (κ1) is 18.5. The maximum Gasteiger partial charge on any atom is 0.416 e. The molecule has 0 atom stereocenters. The van der Waals surface area contributed by atoms with Crippen molar-refractivity contribution >= 4 is 22.5 Å². The molecule has 3 rings (SSSR count). The van der Waals surface area contributed by atoms with Crippen LogP contribution in [0.25, 0.3) is 10.9 Å². The Morgan fingerprint density at radius 1 is 1.15 bits per heavy atom. The monoisotopic (exact) mass is 379 g/mol. The van der Waals surface area contributed by atoms with Crippen LogP contribution in [-0.2, 0) is 12.7 Å². The van der Waals surface area contributed by atoms with Crippen molar-refractivity contribution in [3.05, 3.63) is 41.3 Å². The van der Waals surface area contributed by atoms with Crippen molar-refractivity contribution in [1.82, 2.24) is 15.0 Å². The third kappa shape index (κ3) is 3.94. The molecular formula is C17H16F3N5O2. The van der Waals surface area contributed by atoms with Crippen molar-refractivity contribution in [1.29, 1.82) is 0 Å². The zero-order valence-corrected chi connectivity index (χ0v) is 14.4. The van der Waals surface area contributed by atoms with E-state index in [4.69, 9.17) is 10.5 Å². The number of hydrogen-bond donors (Lipinski definition) is 3. The van der Waals surface area contributed by atoms with Gasteiger partial charge in [-0.3, -0.25) is 0 Å². The number of nitrogens with one attached hydrogen (secondary N) is 1. The van der Waals surface area contributed by atoms with Crippen LogP contribution in [0.5, 0.6) is 11.5 Å². The number of hydrogen-bond acceptors (Lipinski definition) is 7. The molecule has 1 aromatic carbocycles. The summed E-state index contributed by atoms with van der Waals surface area (Å²) in [6.45, 7) is 1.62. The molecule has 0 aliphatic carbocycles. The number of pyridine rings is 1. The molecule has 2 aromatic heterocycles. The molecule has 142 valence electrons. The topological polar surface area (TPSA) is 106 Å². The Labute approximate surface area is 152 Å². The molecule has 0 unspecified atom stereocenters. The minimum atomic E-state index is -4.52. The Balaban J connectivity index is 1.96. The summed E-state index contributed by atoms with van der Waals surface area (Å²) in [5.74, 6) is 0.691. The van der Waals surface area contributed by atoms with E-state index in [9.17, 15) is 18.3 Å². The summed E-state index contributed by atoms with van der Waals surface area (Å²) < 4.78 is 43.8. The number of nitrogen functional groups attached to an aromatic ring is 1. The van der Waals surface area contributed by atoms with Crippen LogP contribution in [-0.4, -0.2) is 27.2 Å². The van der Waals surface area contributed by atoms with Gasteiger partial charge in [-0.05, 0) is 25.1 Å². The average molecular weight is 379 g/mol. The van der Waals surface area contributed by atoms with E-state index in [1.807, 2.05) is 0 Å². The minimum absolute atomic E-state index is 0.0491. The van der Waals surface area contributed by atoms with E-state index >= 15 is 0 Å². The number of aryl methyl sites for hydroxylation is 1. The quantitative estimate of drug-likeness (QED) is 0.639. The van der Waals surface area contributed by atoms with E-state index < -0.39 is 11.7 Å². The first-order chi connectivity index (χ1) is 12.7. The van der Waals surface area contributed by atoms with E-state index in [0.29, 0.717) is 22.5 Å². The summed E-state index contributed by atoms with van der Waals surface area (Å²) >= 11 is 0. The minimum Gasteiger partial charge on any atom is -0.504 e. The van der Waals surface area contributed by atoms with Gasteiger partial charge in [-0.1, -0.05) is 0 Å². The fourth-order valence-electron chi connectivity index (χ4n) is 2.60. The van der Waals surface area contributed by atoms with Crippen molar-refractivity contribution in [2.45, 2.75) is 19.6 Å². The molecule has 0 aliphatic rings. The highest BCUT2D eigenvalue weighted by molar-refractivity contribution is 5.91. The first-order valence-electron chi connectivity index (χ1n) is 7.80. The zero-order valence-electron chi connectivity index (χ0n) is 14.4. The van der Waals surface area contributed by atoms with Crippen LogP contribution in [0, 0.1) is 6.92 Å². The van der Waals surface area contributed by atoms with Crippen LogP contribution >= 0.6 is 0 Å². The Kier molecular flexibility index (Phi) is 4.64. The molecule has 0 radical (unpaired) electrons. The number of rotatable bonds is 4. The Morgan fingerprint density at radius 2 is 1.89 bits per heavy atom. The van der Waals surface area contributed by atoms with Gasteiger partial charge < -0.3 is 20.9 Å². The summed E-state index contributed by atoms with van der Waals surface area (Å²) in [5, 5.41) is 13.4. The molecule has 0 fully saturated rings. The van der Waals surface area contributed by atoms with Gasteiger partial charge in [-0.2, -0.15) is 13.2 Å². The van der Waals surface area contributed by atoms with Crippen molar-refractivity contribution < 1.29 is 23.0 Å². The highest BCUT2D eigenvalue weighted by Crippen LogP contribution is 2.34. The van der Waals surface area contributed by atoms with Crippen LogP contribution in [0.1, 0.15) is 17.1 Å². The summed E-state index contributed by atoms with van der Waals surface area (Å²) in [4.78, 5) is 12.4. The summed E-state index contributed by atoms with van der Waals surface area (Å²) in [5.41, 5.74) is 5.21. The molecule has 27 heavy (non-hydrogen) atoms. The SMILES string of the molecule is COc1cc2nc(C)nc(NCc3cc(C(F)(F)F)cc(N)n3)c2cc1O. The standard InChI is InChI=1S/C17H16F3N5O2/c1-8-23-12-6-14(27-2)13(26)5-11(12)16(24-8)22-7-10-3-9(17(18,19)20)4-15(21)25-10/h3-6,26H,7H2,1-2H3,(H2,21,25)(H,22,23,24). The number of halogens is 3. The molecule has 0 amide bonds. The van der Waals surface area contributed by atoms with E-state index in [1.165, 1.54) is 13.2 Å². The largest absolute Gasteiger partial charge is 0.504 e. The number of fused-ring (bicyclic) bond motifs is 1. The predicted molar refractivity (Wildman–Crippen MR) is 93.5 cm³/mol. The van der Waals surface area contributed by atoms with E-state index in [2.05, 4.69) is 20.3 Å². The normalized spacial score (nSPS) is 11.6. The highest BCUT2D eigenvalue weighted by atomic mass is 19.4. The molecular weight excluding hydrogens is 363 g/mol. The van der Waals surface area contributed by atoms with Crippen LogP contribution in [0.15, 0.2) is 24.3 Å². The molecule has 0 spiro atoms. The average Bonchev–Trinajstić information content (AvgIpc) is 2.58. The maximum absolute atomic E-state index is 12.9. The second kappa shape index (κ2) is 6.78.